The zero-order chi connectivity index (χ0) is 15.5. The van der Waals surface area contributed by atoms with E-state index in [9.17, 15) is 13.2 Å². The van der Waals surface area contributed by atoms with Gasteiger partial charge in [0.25, 0.3) is 0 Å². The molecule has 0 bridgehead atoms. The Hall–Kier alpha value is -1.31. The highest BCUT2D eigenvalue weighted by molar-refractivity contribution is 7.89. The van der Waals surface area contributed by atoms with Crippen LogP contribution in [-0.2, 0) is 14.8 Å². The standard InChI is InChI=1S/C12H16ClNO5S/c1-7(2)11(12(15)16)14-20(17,18)10-5-4-8(13)6-9(10)19-3/h4-7,11,14H,1-3H3,(H,15,16)/t11-/m1/s1. The number of ether oxygens (including phenoxy) is 1. The first-order valence-corrected chi connectivity index (χ1v) is 7.64. The van der Waals surface area contributed by atoms with Crippen LogP contribution in [0.15, 0.2) is 23.1 Å². The molecule has 0 aromatic heterocycles. The topological polar surface area (TPSA) is 92.7 Å². The number of halogens is 1. The van der Waals surface area contributed by atoms with E-state index in [0.29, 0.717) is 5.02 Å². The van der Waals surface area contributed by atoms with Gasteiger partial charge in [-0.05, 0) is 18.1 Å². The summed E-state index contributed by atoms with van der Waals surface area (Å²) in [6.07, 6.45) is 0. The maximum Gasteiger partial charge on any atom is 0.322 e. The monoisotopic (exact) mass is 321 g/mol. The van der Waals surface area contributed by atoms with Gasteiger partial charge in [0.15, 0.2) is 0 Å². The van der Waals surface area contributed by atoms with Crippen molar-refractivity contribution in [3.8, 4) is 5.75 Å². The molecule has 0 amide bonds. The van der Waals surface area contributed by atoms with Crippen LogP contribution in [0.1, 0.15) is 13.8 Å². The van der Waals surface area contributed by atoms with Crippen LogP contribution in [-0.4, -0.2) is 32.6 Å². The van der Waals surface area contributed by atoms with E-state index in [0.717, 1.165) is 0 Å². The molecule has 0 fully saturated rings. The van der Waals surface area contributed by atoms with Crippen molar-refractivity contribution >= 4 is 27.6 Å². The highest BCUT2D eigenvalue weighted by Crippen LogP contribution is 2.27. The van der Waals surface area contributed by atoms with Crippen LogP contribution in [0.2, 0.25) is 5.02 Å². The molecule has 1 aromatic carbocycles. The van der Waals surface area contributed by atoms with Crippen molar-refractivity contribution in [3.63, 3.8) is 0 Å². The van der Waals surface area contributed by atoms with E-state index in [-0.39, 0.29) is 10.6 Å². The molecule has 2 N–H and O–H groups in total. The molecule has 0 spiro atoms. The second-order valence-corrected chi connectivity index (χ2v) is 6.60. The Morgan fingerprint density at radius 3 is 2.45 bits per heavy atom. The van der Waals surface area contributed by atoms with Gasteiger partial charge >= 0.3 is 5.97 Å². The zero-order valence-corrected chi connectivity index (χ0v) is 12.8. The van der Waals surface area contributed by atoms with Crippen molar-refractivity contribution in [2.45, 2.75) is 24.8 Å². The van der Waals surface area contributed by atoms with E-state index < -0.39 is 28.0 Å². The molecular formula is C12H16ClNO5S. The summed E-state index contributed by atoms with van der Waals surface area (Å²) in [6.45, 7) is 3.22. The van der Waals surface area contributed by atoms with Gasteiger partial charge in [-0.15, -0.1) is 0 Å². The maximum atomic E-state index is 12.2. The molecular weight excluding hydrogens is 306 g/mol. The first-order valence-electron chi connectivity index (χ1n) is 5.77. The zero-order valence-electron chi connectivity index (χ0n) is 11.3. The maximum absolute atomic E-state index is 12.2. The van der Waals surface area contributed by atoms with Crippen molar-refractivity contribution in [2.24, 2.45) is 5.92 Å². The van der Waals surface area contributed by atoms with Gasteiger partial charge in [0, 0.05) is 11.1 Å². The number of benzene rings is 1. The van der Waals surface area contributed by atoms with Gasteiger partial charge in [-0.2, -0.15) is 4.72 Å². The first-order chi connectivity index (χ1) is 9.19. The third kappa shape index (κ3) is 3.84. The van der Waals surface area contributed by atoms with Crippen LogP contribution < -0.4 is 9.46 Å². The average molecular weight is 322 g/mol. The lowest BCUT2D eigenvalue weighted by atomic mass is 10.1. The number of carboxylic acids is 1. The van der Waals surface area contributed by atoms with E-state index in [1.165, 1.54) is 25.3 Å². The highest BCUT2D eigenvalue weighted by atomic mass is 35.5. The molecule has 0 heterocycles. The molecule has 1 rings (SSSR count). The van der Waals surface area contributed by atoms with E-state index in [1.807, 2.05) is 0 Å². The number of aliphatic carboxylic acids is 1. The van der Waals surface area contributed by atoms with Gasteiger partial charge in [0.1, 0.15) is 16.7 Å². The number of hydrogen-bond donors (Lipinski definition) is 2. The van der Waals surface area contributed by atoms with Gasteiger partial charge in [0.2, 0.25) is 10.0 Å². The predicted octanol–water partition coefficient (Wildman–Crippen LogP) is 1.74. The number of carboxylic acid groups (broad SMARTS) is 1. The number of rotatable bonds is 6. The Bertz CT molecular complexity index is 600. The summed E-state index contributed by atoms with van der Waals surface area (Å²) in [7, 11) is -2.72. The van der Waals surface area contributed by atoms with Crippen molar-refractivity contribution in [1.82, 2.24) is 4.72 Å². The Labute approximate surface area is 122 Å². The molecule has 1 aromatic rings. The molecule has 0 saturated heterocycles. The number of methoxy groups -OCH3 is 1. The largest absolute Gasteiger partial charge is 0.495 e. The van der Waals surface area contributed by atoms with Crippen molar-refractivity contribution in [1.29, 1.82) is 0 Å². The van der Waals surface area contributed by atoms with Crippen LogP contribution in [0.25, 0.3) is 0 Å². The number of nitrogens with one attached hydrogen (secondary N) is 1. The van der Waals surface area contributed by atoms with Crippen LogP contribution in [0.3, 0.4) is 0 Å². The summed E-state index contributed by atoms with van der Waals surface area (Å²) in [6, 6.07) is 2.79. The summed E-state index contributed by atoms with van der Waals surface area (Å²) < 4.78 is 31.6. The van der Waals surface area contributed by atoms with Crippen molar-refractivity contribution in [2.75, 3.05) is 7.11 Å². The average Bonchev–Trinajstić information content (AvgIpc) is 2.34. The SMILES string of the molecule is COc1cc(Cl)ccc1S(=O)(=O)N[C@@H](C(=O)O)C(C)C. The molecule has 0 radical (unpaired) electrons. The molecule has 20 heavy (non-hydrogen) atoms. The lowest BCUT2D eigenvalue weighted by Gasteiger charge is -2.19. The smallest absolute Gasteiger partial charge is 0.322 e. The van der Waals surface area contributed by atoms with E-state index in [4.69, 9.17) is 21.4 Å². The Morgan fingerprint density at radius 1 is 1.40 bits per heavy atom. The fourth-order valence-electron chi connectivity index (χ4n) is 1.57. The van der Waals surface area contributed by atoms with E-state index >= 15 is 0 Å². The lowest BCUT2D eigenvalue weighted by molar-refractivity contribution is -0.140. The molecule has 0 aliphatic rings. The second kappa shape index (κ2) is 6.43. The summed E-state index contributed by atoms with van der Waals surface area (Å²) in [5, 5.41) is 9.36. The molecule has 8 heteroatoms. The third-order valence-electron chi connectivity index (χ3n) is 2.63. The van der Waals surface area contributed by atoms with Gasteiger partial charge in [0.05, 0.1) is 7.11 Å². The van der Waals surface area contributed by atoms with Crippen LogP contribution in [0.4, 0.5) is 0 Å². The Morgan fingerprint density at radius 2 is 2.00 bits per heavy atom. The van der Waals surface area contributed by atoms with Crippen LogP contribution >= 0.6 is 11.6 Å². The minimum Gasteiger partial charge on any atom is -0.495 e. The van der Waals surface area contributed by atoms with Crippen LogP contribution in [0, 0.1) is 5.92 Å². The first kappa shape index (κ1) is 16.7. The molecule has 0 unspecified atom stereocenters. The van der Waals surface area contributed by atoms with Gasteiger partial charge in [-0.25, -0.2) is 8.42 Å². The molecule has 6 nitrogen and oxygen atoms in total. The number of sulfonamides is 1. The van der Waals surface area contributed by atoms with Gasteiger partial charge in [-0.3, -0.25) is 4.79 Å². The van der Waals surface area contributed by atoms with Crippen LogP contribution in [0.5, 0.6) is 5.75 Å². The Balaban J connectivity index is 3.20. The molecule has 0 aliphatic heterocycles. The fourth-order valence-corrected chi connectivity index (χ4v) is 3.22. The molecule has 1 atom stereocenters. The summed E-state index contributed by atoms with van der Waals surface area (Å²) >= 11 is 5.76. The minimum absolute atomic E-state index is 0.0536. The highest BCUT2D eigenvalue weighted by Gasteiger charge is 2.29. The molecule has 0 saturated carbocycles. The Kier molecular flexibility index (Phi) is 5.38. The summed E-state index contributed by atoms with van der Waals surface area (Å²) in [4.78, 5) is 10.9. The second-order valence-electron chi connectivity index (χ2n) is 4.48. The van der Waals surface area contributed by atoms with Gasteiger partial charge in [-0.1, -0.05) is 25.4 Å². The predicted molar refractivity (Wildman–Crippen MR) is 74.6 cm³/mol. The minimum atomic E-state index is -4.02. The normalized spacial score (nSPS) is 13.2. The molecule has 112 valence electrons. The third-order valence-corrected chi connectivity index (χ3v) is 4.35. The summed E-state index contributed by atoms with van der Waals surface area (Å²) in [5.41, 5.74) is 0. The van der Waals surface area contributed by atoms with Crippen molar-refractivity contribution in [3.05, 3.63) is 23.2 Å². The number of carbonyl (C=O) groups is 1. The molecule has 0 aliphatic carbocycles. The van der Waals surface area contributed by atoms with E-state index in [1.54, 1.807) is 13.8 Å². The summed E-state index contributed by atoms with van der Waals surface area (Å²) in [5.74, 6) is -1.59. The lowest BCUT2D eigenvalue weighted by Crippen LogP contribution is -2.44. The van der Waals surface area contributed by atoms with Gasteiger partial charge < -0.3 is 9.84 Å². The quantitative estimate of drug-likeness (QED) is 0.832. The fraction of sp³-hybridized carbons (Fsp3) is 0.417. The number of hydrogen-bond acceptors (Lipinski definition) is 4. The van der Waals surface area contributed by atoms with Crippen molar-refractivity contribution < 1.29 is 23.1 Å². The van der Waals surface area contributed by atoms with E-state index in [2.05, 4.69) is 4.72 Å².